The van der Waals surface area contributed by atoms with Crippen LogP contribution in [0.1, 0.15) is 25.1 Å². The molecule has 162 valence electrons. The molecular weight excluding hydrogens is 414 g/mol. The largest absolute Gasteiger partial charge is 0.384 e. The van der Waals surface area contributed by atoms with E-state index in [1.54, 1.807) is 49.2 Å². The van der Waals surface area contributed by atoms with Crippen LogP contribution >= 0.6 is 11.3 Å². The summed E-state index contributed by atoms with van der Waals surface area (Å²) in [6.07, 6.45) is 3.61. The fourth-order valence-corrected chi connectivity index (χ4v) is 3.98. The Kier molecular flexibility index (Phi) is 5.86. The molecule has 4 rings (SSSR count). The molecule has 0 radical (unpaired) electrons. The third-order valence-electron chi connectivity index (χ3n) is 4.65. The van der Waals surface area contributed by atoms with E-state index in [1.807, 2.05) is 25.3 Å². The van der Waals surface area contributed by atoms with Gasteiger partial charge in [-0.2, -0.15) is 10.1 Å². The standard InChI is InChI=1S/C21H25N7O2S/c1-13-12-31-19-17(13)18(25-16-7-5-6-15(24-16)21(2,3)29)26-20(27-19)23-14-10-22-28(11-14)8-9-30-4/h5-7,10-12,29H,8-9H2,1-4H3,(H2,23,24,25,26,27). The number of methoxy groups -OCH3 is 1. The van der Waals surface area contributed by atoms with Gasteiger partial charge in [0.05, 0.1) is 36.1 Å². The van der Waals surface area contributed by atoms with Crippen LogP contribution in [0.25, 0.3) is 10.2 Å². The molecule has 0 spiro atoms. The molecule has 0 unspecified atom stereocenters. The number of nitrogens with zero attached hydrogens (tertiary/aromatic N) is 5. The highest BCUT2D eigenvalue weighted by molar-refractivity contribution is 7.17. The summed E-state index contributed by atoms with van der Waals surface area (Å²) in [6.45, 7) is 6.70. The van der Waals surface area contributed by atoms with Crippen molar-refractivity contribution in [3.05, 3.63) is 47.2 Å². The van der Waals surface area contributed by atoms with Crippen LogP contribution in [0.4, 0.5) is 23.3 Å². The summed E-state index contributed by atoms with van der Waals surface area (Å²) in [5.74, 6) is 1.71. The van der Waals surface area contributed by atoms with E-state index in [-0.39, 0.29) is 0 Å². The molecule has 0 aliphatic heterocycles. The van der Waals surface area contributed by atoms with E-state index in [2.05, 4.69) is 31.1 Å². The molecule has 9 nitrogen and oxygen atoms in total. The van der Waals surface area contributed by atoms with Gasteiger partial charge in [-0.1, -0.05) is 6.07 Å². The van der Waals surface area contributed by atoms with Crippen molar-refractivity contribution in [1.82, 2.24) is 24.7 Å². The van der Waals surface area contributed by atoms with Crippen molar-refractivity contribution in [3.8, 4) is 0 Å². The van der Waals surface area contributed by atoms with Gasteiger partial charge in [-0.15, -0.1) is 11.3 Å². The second kappa shape index (κ2) is 8.58. The number of rotatable bonds is 8. The molecule has 10 heteroatoms. The molecule has 0 atom stereocenters. The number of pyridine rings is 1. The molecule has 0 amide bonds. The maximum absolute atomic E-state index is 10.3. The zero-order chi connectivity index (χ0) is 22.0. The van der Waals surface area contributed by atoms with Crippen molar-refractivity contribution in [2.24, 2.45) is 0 Å². The maximum atomic E-state index is 10.3. The molecule has 4 heterocycles. The first kappa shape index (κ1) is 21.2. The van der Waals surface area contributed by atoms with Gasteiger partial charge in [-0.05, 0) is 43.8 Å². The lowest BCUT2D eigenvalue weighted by Crippen LogP contribution is -2.17. The van der Waals surface area contributed by atoms with Crippen molar-refractivity contribution < 1.29 is 9.84 Å². The first-order valence-corrected chi connectivity index (χ1v) is 10.7. The van der Waals surface area contributed by atoms with Crippen molar-refractivity contribution in [3.63, 3.8) is 0 Å². The minimum absolute atomic E-state index is 0.460. The van der Waals surface area contributed by atoms with E-state index in [9.17, 15) is 5.11 Å². The van der Waals surface area contributed by atoms with Gasteiger partial charge < -0.3 is 20.5 Å². The molecule has 31 heavy (non-hydrogen) atoms. The van der Waals surface area contributed by atoms with Crippen LogP contribution < -0.4 is 10.6 Å². The van der Waals surface area contributed by atoms with Gasteiger partial charge in [0.1, 0.15) is 22.1 Å². The number of hydrogen-bond acceptors (Lipinski definition) is 9. The Morgan fingerprint density at radius 1 is 1.19 bits per heavy atom. The fraction of sp³-hybridized carbons (Fsp3) is 0.333. The van der Waals surface area contributed by atoms with Gasteiger partial charge in [0, 0.05) is 13.3 Å². The summed E-state index contributed by atoms with van der Waals surface area (Å²) in [5, 5.41) is 24.1. The van der Waals surface area contributed by atoms with Crippen molar-refractivity contribution in [2.45, 2.75) is 32.9 Å². The van der Waals surface area contributed by atoms with Crippen molar-refractivity contribution >= 4 is 44.8 Å². The minimum atomic E-state index is -1.04. The summed E-state index contributed by atoms with van der Waals surface area (Å²) < 4.78 is 6.89. The van der Waals surface area contributed by atoms with Crippen LogP contribution in [0.3, 0.4) is 0 Å². The molecule has 0 saturated carbocycles. The average molecular weight is 440 g/mol. The smallest absolute Gasteiger partial charge is 0.230 e. The molecule has 0 fully saturated rings. The Morgan fingerprint density at radius 2 is 2.03 bits per heavy atom. The molecule has 0 saturated heterocycles. The lowest BCUT2D eigenvalue weighted by molar-refractivity contribution is 0.0740. The number of aryl methyl sites for hydroxylation is 1. The highest BCUT2D eigenvalue weighted by Gasteiger charge is 2.19. The predicted molar refractivity (Wildman–Crippen MR) is 122 cm³/mol. The zero-order valence-electron chi connectivity index (χ0n) is 17.9. The Labute approximate surface area is 184 Å². The fourth-order valence-electron chi connectivity index (χ4n) is 3.06. The second-order valence-electron chi connectivity index (χ2n) is 7.70. The molecule has 0 aliphatic rings. The number of nitrogens with one attached hydrogen (secondary N) is 2. The van der Waals surface area contributed by atoms with Gasteiger partial charge in [-0.25, -0.2) is 9.97 Å². The quantitative estimate of drug-likeness (QED) is 0.379. The topological polar surface area (TPSA) is 110 Å². The third kappa shape index (κ3) is 4.82. The molecule has 3 N–H and O–H groups in total. The Balaban J connectivity index is 1.65. The Morgan fingerprint density at radius 3 is 2.81 bits per heavy atom. The van der Waals surface area contributed by atoms with Gasteiger partial charge >= 0.3 is 0 Å². The van der Waals surface area contributed by atoms with E-state index in [0.717, 1.165) is 21.5 Å². The summed E-state index contributed by atoms with van der Waals surface area (Å²) in [6, 6.07) is 5.50. The van der Waals surface area contributed by atoms with Gasteiger partial charge in [0.2, 0.25) is 5.95 Å². The number of thiophene rings is 1. The minimum Gasteiger partial charge on any atom is -0.384 e. The summed E-state index contributed by atoms with van der Waals surface area (Å²) >= 11 is 1.56. The molecule has 4 aromatic rings. The van der Waals surface area contributed by atoms with Crippen LogP contribution in [-0.4, -0.2) is 43.6 Å². The van der Waals surface area contributed by atoms with Crippen LogP contribution in [-0.2, 0) is 16.9 Å². The SMILES string of the molecule is COCCn1cc(Nc2nc(Nc3cccc(C(C)(C)O)n3)c3c(C)csc3n2)cn1. The highest BCUT2D eigenvalue weighted by atomic mass is 32.1. The van der Waals surface area contributed by atoms with E-state index in [1.165, 1.54) is 0 Å². The zero-order valence-corrected chi connectivity index (χ0v) is 18.7. The third-order valence-corrected chi connectivity index (χ3v) is 5.64. The number of ether oxygens (including phenoxy) is 1. The monoisotopic (exact) mass is 439 g/mol. The molecule has 4 aromatic heterocycles. The number of hydrogen-bond donors (Lipinski definition) is 3. The lowest BCUT2D eigenvalue weighted by atomic mass is 10.1. The van der Waals surface area contributed by atoms with E-state index >= 15 is 0 Å². The van der Waals surface area contributed by atoms with Crippen LogP contribution in [0.5, 0.6) is 0 Å². The maximum Gasteiger partial charge on any atom is 0.230 e. The number of fused-ring (bicyclic) bond motifs is 1. The number of aliphatic hydroxyl groups is 1. The normalized spacial score (nSPS) is 11.8. The van der Waals surface area contributed by atoms with Crippen molar-refractivity contribution in [2.75, 3.05) is 24.4 Å². The van der Waals surface area contributed by atoms with Gasteiger partial charge in [0.15, 0.2) is 0 Å². The summed E-state index contributed by atoms with van der Waals surface area (Å²) in [5.41, 5.74) is 1.41. The summed E-state index contributed by atoms with van der Waals surface area (Å²) in [7, 11) is 1.66. The number of anilines is 4. The molecule has 0 aromatic carbocycles. The first-order valence-electron chi connectivity index (χ1n) is 9.84. The second-order valence-corrected chi connectivity index (χ2v) is 8.55. The van der Waals surface area contributed by atoms with Crippen LogP contribution in [0.15, 0.2) is 36.0 Å². The Bertz CT molecular complexity index is 1200. The average Bonchev–Trinajstić information content (AvgIpc) is 3.32. The first-order chi connectivity index (χ1) is 14.8. The lowest BCUT2D eigenvalue weighted by Gasteiger charge is -2.17. The van der Waals surface area contributed by atoms with Crippen LogP contribution in [0.2, 0.25) is 0 Å². The van der Waals surface area contributed by atoms with Crippen LogP contribution in [0, 0.1) is 6.92 Å². The van der Waals surface area contributed by atoms with E-state index in [0.29, 0.717) is 36.4 Å². The van der Waals surface area contributed by atoms with Crippen molar-refractivity contribution in [1.29, 1.82) is 0 Å². The highest BCUT2D eigenvalue weighted by Crippen LogP contribution is 2.33. The van der Waals surface area contributed by atoms with E-state index < -0.39 is 5.60 Å². The van der Waals surface area contributed by atoms with Gasteiger partial charge in [0.25, 0.3) is 0 Å². The Hall–Kier alpha value is -3.08. The van der Waals surface area contributed by atoms with E-state index in [4.69, 9.17) is 9.72 Å². The summed E-state index contributed by atoms with van der Waals surface area (Å²) in [4.78, 5) is 14.8. The van der Waals surface area contributed by atoms with Gasteiger partial charge in [-0.3, -0.25) is 4.68 Å². The predicted octanol–water partition coefficient (Wildman–Crippen LogP) is 3.95. The number of aromatic nitrogens is 5. The molecular formula is C21H25N7O2S. The molecule has 0 aliphatic carbocycles. The molecule has 0 bridgehead atoms.